The monoisotopic (exact) mass is 364 g/mol. The van der Waals surface area contributed by atoms with Crippen molar-refractivity contribution in [2.45, 2.75) is 43.4 Å². The molecule has 0 spiro atoms. The van der Waals surface area contributed by atoms with Crippen molar-refractivity contribution in [3.05, 3.63) is 16.5 Å². The van der Waals surface area contributed by atoms with E-state index in [-0.39, 0.29) is 10.5 Å². The second kappa shape index (κ2) is 5.78. The van der Waals surface area contributed by atoms with Crippen LogP contribution in [0.1, 0.15) is 32.6 Å². The summed E-state index contributed by atoms with van der Waals surface area (Å²) in [5.74, 6) is 0.605. The van der Waals surface area contributed by atoms with Gasteiger partial charge in [0.05, 0.1) is 11.4 Å². The van der Waals surface area contributed by atoms with Gasteiger partial charge in [0.1, 0.15) is 5.02 Å². The number of hydrogen-bond donors (Lipinski definition) is 1. The minimum Gasteiger partial charge on any atom is -0.355 e. The molecule has 6 nitrogen and oxygen atoms in total. The van der Waals surface area contributed by atoms with Crippen molar-refractivity contribution in [3.8, 4) is 0 Å². The molecule has 0 atom stereocenters. The molecule has 1 aliphatic heterocycles. The van der Waals surface area contributed by atoms with E-state index in [9.17, 15) is 8.42 Å². The second-order valence-corrected chi connectivity index (χ2v) is 8.91. The van der Waals surface area contributed by atoms with Gasteiger partial charge in [0.15, 0.2) is 5.82 Å². The van der Waals surface area contributed by atoms with Crippen LogP contribution in [-0.4, -0.2) is 42.3 Å². The minimum absolute atomic E-state index is 0.155. The fraction of sp³-hybridized carbons (Fsp3) is 0.692. The number of nitrogens with zero attached hydrogens (tertiary/aromatic N) is 3. The van der Waals surface area contributed by atoms with E-state index in [1.165, 1.54) is 6.20 Å². The van der Waals surface area contributed by atoms with Gasteiger partial charge in [-0.2, -0.15) is 4.98 Å². The van der Waals surface area contributed by atoms with Gasteiger partial charge < -0.3 is 4.90 Å². The zero-order valence-corrected chi connectivity index (χ0v) is 14.5. The SMILES string of the molecule is CC1(NS(=O)(=O)C2CC2)CCN(c2nc(Cl)ncc2Cl)CC1. The third-order valence-corrected chi connectivity index (χ3v) is 6.79. The number of nitrogens with one attached hydrogen (secondary N) is 1. The van der Waals surface area contributed by atoms with E-state index in [0.29, 0.717) is 36.8 Å². The van der Waals surface area contributed by atoms with Crippen molar-refractivity contribution in [3.63, 3.8) is 0 Å². The number of piperidine rings is 1. The first-order chi connectivity index (χ1) is 10.3. The van der Waals surface area contributed by atoms with Gasteiger partial charge in [0.2, 0.25) is 15.3 Å². The standard InChI is InChI=1S/C13H18Cl2N4O2S/c1-13(18-22(20,21)9-2-3-9)4-6-19(7-5-13)11-10(14)8-16-12(15)17-11/h8-9,18H,2-7H2,1H3. The van der Waals surface area contributed by atoms with E-state index in [4.69, 9.17) is 23.2 Å². The summed E-state index contributed by atoms with van der Waals surface area (Å²) in [7, 11) is -3.18. The average molecular weight is 365 g/mol. The van der Waals surface area contributed by atoms with E-state index in [1.807, 2.05) is 11.8 Å². The van der Waals surface area contributed by atoms with Gasteiger partial charge in [-0.05, 0) is 44.2 Å². The molecule has 1 N–H and O–H groups in total. The average Bonchev–Trinajstić information content (AvgIpc) is 3.26. The van der Waals surface area contributed by atoms with E-state index in [0.717, 1.165) is 12.8 Å². The van der Waals surface area contributed by atoms with Gasteiger partial charge in [0.25, 0.3) is 0 Å². The maximum Gasteiger partial charge on any atom is 0.224 e. The third-order valence-electron chi connectivity index (χ3n) is 4.21. The molecule has 1 aliphatic carbocycles. The van der Waals surface area contributed by atoms with Crippen molar-refractivity contribution in [2.75, 3.05) is 18.0 Å². The van der Waals surface area contributed by atoms with Crippen molar-refractivity contribution < 1.29 is 8.42 Å². The summed E-state index contributed by atoms with van der Waals surface area (Å²) in [5, 5.41) is 0.409. The Balaban J connectivity index is 1.68. The molecule has 2 heterocycles. The molecule has 2 fully saturated rings. The van der Waals surface area contributed by atoms with Crippen LogP contribution < -0.4 is 9.62 Å². The molecule has 2 aliphatic rings. The molecule has 1 aromatic heterocycles. The van der Waals surface area contributed by atoms with Crippen LogP contribution in [0, 0.1) is 0 Å². The Morgan fingerprint density at radius 2 is 1.95 bits per heavy atom. The van der Waals surface area contributed by atoms with Crippen LogP contribution in [0.2, 0.25) is 10.3 Å². The molecule has 122 valence electrons. The lowest BCUT2D eigenvalue weighted by molar-refractivity contribution is 0.329. The number of anilines is 1. The molecule has 22 heavy (non-hydrogen) atoms. The molecule has 1 saturated heterocycles. The van der Waals surface area contributed by atoms with E-state index >= 15 is 0 Å². The van der Waals surface area contributed by atoms with Crippen molar-refractivity contribution in [2.24, 2.45) is 0 Å². The number of halogens is 2. The normalized spacial score (nSPS) is 21.9. The summed E-state index contributed by atoms with van der Waals surface area (Å²) >= 11 is 11.9. The van der Waals surface area contributed by atoms with Gasteiger partial charge in [-0.3, -0.25) is 0 Å². The number of rotatable bonds is 4. The first-order valence-corrected chi connectivity index (χ1v) is 9.55. The fourth-order valence-electron chi connectivity index (χ4n) is 2.68. The Morgan fingerprint density at radius 1 is 1.32 bits per heavy atom. The Kier molecular flexibility index (Phi) is 4.26. The van der Waals surface area contributed by atoms with Crippen LogP contribution >= 0.6 is 23.2 Å². The van der Waals surface area contributed by atoms with Gasteiger partial charge >= 0.3 is 0 Å². The molecular formula is C13H18Cl2N4O2S. The Hall–Kier alpha value is -0.630. The van der Waals surface area contributed by atoms with Gasteiger partial charge in [-0.25, -0.2) is 18.1 Å². The molecule has 1 aromatic rings. The van der Waals surface area contributed by atoms with Crippen LogP contribution in [-0.2, 0) is 10.0 Å². The van der Waals surface area contributed by atoms with Crippen LogP contribution in [0.3, 0.4) is 0 Å². The van der Waals surface area contributed by atoms with Gasteiger partial charge in [-0.1, -0.05) is 11.6 Å². The maximum absolute atomic E-state index is 12.1. The van der Waals surface area contributed by atoms with E-state index in [2.05, 4.69) is 14.7 Å². The molecule has 0 unspecified atom stereocenters. The molecule has 0 aromatic carbocycles. The number of hydrogen-bond acceptors (Lipinski definition) is 5. The topological polar surface area (TPSA) is 75.2 Å². The summed E-state index contributed by atoms with van der Waals surface area (Å²) in [6, 6.07) is 0. The van der Waals surface area contributed by atoms with Crippen molar-refractivity contribution in [1.82, 2.24) is 14.7 Å². The fourth-order valence-corrected chi connectivity index (χ4v) is 4.83. The third kappa shape index (κ3) is 3.48. The Labute approximate surface area is 140 Å². The van der Waals surface area contributed by atoms with Crippen LogP contribution in [0.5, 0.6) is 0 Å². The summed E-state index contributed by atoms with van der Waals surface area (Å²) < 4.78 is 27.2. The predicted octanol–water partition coefficient (Wildman–Crippen LogP) is 2.22. The summed E-state index contributed by atoms with van der Waals surface area (Å²) in [6.07, 6.45) is 4.41. The van der Waals surface area contributed by atoms with Crippen molar-refractivity contribution >= 4 is 39.0 Å². The number of sulfonamides is 1. The van der Waals surface area contributed by atoms with Crippen LogP contribution in [0.25, 0.3) is 0 Å². The second-order valence-electron chi connectivity index (χ2n) is 6.20. The zero-order valence-electron chi connectivity index (χ0n) is 12.2. The van der Waals surface area contributed by atoms with Gasteiger partial charge in [0, 0.05) is 18.6 Å². The summed E-state index contributed by atoms with van der Waals surface area (Å²) in [4.78, 5) is 10.0. The highest BCUT2D eigenvalue weighted by atomic mass is 35.5. The molecular weight excluding hydrogens is 347 g/mol. The highest BCUT2D eigenvalue weighted by Gasteiger charge is 2.41. The van der Waals surface area contributed by atoms with Crippen LogP contribution in [0.15, 0.2) is 6.20 Å². The predicted molar refractivity (Wildman–Crippen MR) is 87.0 cm³/mol. The molecule has 9 heteroatoms. The maximum atomic E-state index is 12.1. The lowest BCUT2D eigenvalue weighted by Gasteiger charge is -2.40. The first-order valence-electron chi connectivity index (χ1n) is 7.25. The van der Waals surface area contributed by atoms with E-state index in [1.54, 1.807) is 0 Å². The van der Waals surface area contributed by atoms with Crippen LogP contribution in [0.4, 0.5) is 5.82 Å². The van der Waals surface area contributed by atoms with Crippen molar-refractivity contribution in [1.29, 1.82) is 0 Å². The molecule has 0 bridgehead atoms. The Morgan fingerprint density at radius 3 is 2.55 bits per heavy atom. The molecule has 0 amide bonds. The molecule has 0 radical (unpaired) electrons. The smallest absolute Gasteiger partial charge is 0.224 e. The molecule has 3 rings (SSSR count). The first kappa shape index (κ1) is 16.2. The van der Waals surface area contributed by atoms with E-state index < -0.39 is 15.6 Å². The lowest BCUT2D eigenvalue weighted by Crippen LogP contribution is -2.54. The number of aromatic nitrogens is 2. The Bertz CT molecular complexity index is 671. The quantitative estimate of drug-likeness (QED) is 0.829. The summed E-state index contributed by atoms with van der Waals surface area (Å²) in [6.45, 7) is 3.28. The van der Waals surface area contributed by atoms with Gasteiger partial charge in [-0.15, -0.1) is 0 Å². The molecule has 1 saturated carbocycles. The largest absolute Gasteiger partial charge is 0.355 e. The zero-order chi connectivity index (χ0) is 16.0. The summed E-state index contributed by atoms with van der Waals surface area (Å²) in [5.41, 5.74) is -0.415. The highest BCUT2D eigenvalue weighted by Crippen LogP contribution is 2.33. The highest BCUT2D eigenvalue weighted by molar-refractivity contribution is 7.90. The minimum atomic E-state index is -3.18. The lowest BCUT2D eigenvalue weighted by atomic mass is 9.91.